The highest BCUT2D eigenvalue weighted by Crippen LogP contribution is 2.35. The maximum absolute atomic E-state index is 13.6. The molecule has 0 saturated carbocycles. The minimum Gasteiger partial charge on any atom is -0.444 e. The van der Waals surface area contributed by atoms with Crippen LogP contribution in [0.15, 0.2) is 146 Å². The van der Waals surface area contributed by atoms with Crippen molar-refractivity contribution in [1.82, 2.24) is 40.2 Å². The molecule has 2 fully saturated rings. The number of rotatable bonds is 10. The van der Waals surface area contributed by atoms with Crippen LogP contribution in [0.3, 0.4) is 0 Å². The van der Waals surface area contributed by atoms with Crippen molar-refractivity contribution in [3.63, 3.8) is 0 Å². The number of aryl methyl sites for hydroxylation is 1. The Morgan fingerprint density at radius 2 is 1.22 bits per heavy atom. The van der Waals surface area contributed by atoms with Crippen LogP contribution in [0.25, 0.3) is 44.3 Å². The second-order valence-electron chi connectivity index (χ2n) is 19.2. The highest BCUT2D eigenvalue weighted by molar-refractivity contribution is 6.03. The Balaban J connectivity index is 0.000000174. The molecule has 12 heteroatoms. The summed E-state index contributed by atoms with van der Waals surface area (Å²) in [5, 5.41) is 17.6. The van der Waals surface area contributed by atoms with Crippen LogP contribution in [0, 0.1) is 11.8 Å². The summed E-state index contributed by atoms with van der Waals surface area (Å²) in [6, 6.07) is 40.1. The number of hydrogen-bond donors (Lipinski definition) is 2. The van der Waals surface area contributed by atoms with Crippen LogP contribution in [-0.4, -0.2) is 84.3 Å². The van der Waals surface area contributed by atoms with E-state index in [-0.39, 0.29) is 29.5 Å². The zero-order valence-electron chi connectivity index (χ0n) is 39.1. The van der Waals surface area contributed by atoms with Crippen LogP contribution < -0.4 is 5.32 Å². The molecule has 8 aromatic rings. The van der Waals surface area contributed by atoms with E-state index in [1.807, 2.05) is 117 Å². The third-order valence-corrected chi connectivity index (χ3v) is 13.1. The number of aromatic nitrogens is 6. The maximum Gasteiger partial charge on any atom is 0.410 e. The number of amides is 1. The second-order valence-corrected chi connectivity index (χ2v) is 19.2. The van der Waals surface area contributed by atoms with Crippen molar-refractivity contribution in [1.29, 1.82) is 0 Å². The lowest BCUT2D eigenvalue weighted by Crippen LogP contribution is -2.45. The molecule has 2 aliphatic rings. The Bertz CT molecular complexity index is 3000. The van der Waals surface area contributed by atoms with Gasteiger partial charge in [-0.1, -0.05) is 60.7 Å². The Morgan fingerprint density at radius 3 is 1.87 bits per heavy atom. The predicted octanol–water partition coefficient (Wildman–Crippen LogP) is 10.8. The minimum absolute atomic E-state index is 0.0261. The molecule has 0 aliphatic carbocycles. The predicted molar refractivity (Wildman–Crippen MR) is 266 cm³/mol. The maximum atomic E-state index is 13.6. The van der Waals surface area contributed by atoms with Crippen molar-refractivity contribution in [2.75, 3.05) is 26.2 Å². The van der Waals surface area contributed by atoms with Crippen LogP contribution in [0.5, 0.6) is 0 Å². The van der Waals surface area contributed by atoms with E-state index in [9.17, 15) is 14.4 Å². The first-order valence-corrected chi connectivity index (χ1v) is 23.6. The minimum atomic E-state index is -0.576. The summed E-state index contributed by atoms with van der Waals surface area (Å²) in [5.41, 5.74) is 8.89. The van der Waals surface area contributed by atoms with Crippen molar-refractivity contribution in [3.05, 3.63) is 168 Å². The van der Waals surface area contributed by atoms with Gasteiger partial charge < -0.3 is 15.0 Å². The van der Waals surface area contributed by atoms with E-state index >= 15 is 0 Å². The molecule has 68 heavy (non-hydrogen) atoms. The summed E-state index contributed by atoms with van der Waals surface area (Å²) < 4.78 is 7.53. The second kappa shape index (κ2) is 20.3. The fourth-order valence-electron chi connectivity index (χ4n) is 9.80. The summed E-state index contributed by atoms with van der Waals surface area (Å²) in [7, 11) is 1.91. The van der Waals surface area contributed by atoms with Gasteiger partial charge in [-0.3, -0.25) is 29.3 Å². The highest BCUT2D eigenvalue weighted by Gasteiger charge is 2.34. The fourth-order valence-corrected chi connectivity index (χ4v) is 9.80. The zero-order chi connectivity index (χ0) is 47.2. The molecule has 4 atom stereocenters. The summed E-state index contributed by atoms with van der Waals surface area (Å²) in [5.74, 6) is 1.25. The van der Waals surface area contributed by atoms with Gasteiger partial charge in [0.05, 0.1) is 11.0 Å². The standard InChI is InChI=1S/C31H34N4O3.C25H24N4O/c1-31(2,3)38-30(37)35-19-21(16-25(20-35)22-8-6-5-7-9-22)17-28(36)24-10-11-27-26(18-24)29(33-34(27)4)23-12-14-32-15-13-23;30-24(13-17-12-21(16-27-15-17)18-4-2-1-3-5-18)20-6-7-23-22(14-20)25(29-28-23)19-8-10-26-11-9-19/h5-15,18,21,25H,16-17,19-20H2,1-4H3;1-11,14,17,21,27H,12-13,15-16H2,(H,28,29)/t21?,25-;17-,21-/m11/s1. The van der Waals surface area contributed by atoms with Crippen molar-refractivity contribution in [3.8, 4) is 22.5 Å². The number of aromatic amines is 1. The van der Waals surface area contributed by atoms with Crippen molar-refractivity contribution >= 4 is 39.5 Å². The zero-order valence-corrected chi connectivity index (χ0v) is 39.1. The van der Waals surface area contributed by atoms with Gasteiger partial charge in [0.1, 0.15) is 17.0 Å². The molecular weight excluding hydrogens is 849 g/mol. The molecule has 0 bridgehead atoms. The number of carbonyl (C=O) groups is 3. The molecule has 10 rings (SSSR count). The summed E-state index contributed by atoms with van der Waals surface area (Å²) >= 11 is 0. The smallest absolute Gasteiger partial charge is 0.410 e. The highest BCUT2D eigenvalue weighted by atomic mass is 16.6. The van der Waals surface area contributed by atoms with Gasteiger partial charge in [0.2, 0.25) is 0 Å². The molecule has 2 saturated heterocycles. The molecule has 4 aromatic carbocycles. The van der Waals surface area contributed by atoms with Gasteiger partial charge >= 0.3 is 6.09 Å². The first-order valence-electron chi connectivity index (χ1n) is 23.6. The number of H-pyrrole nitrogens is 1. The van der Waals surface area contributed by atoms with Crippen molar-refractivity contribution in [2.45, 2.75) is 63.9 Å². The van der Waals surface area contributed by atoms with E-state index < -0.39 is 5.60 Å². The molecule has 0 spiro atoms. The lowest BCUT2D eigenvalue weighted by atomic mass is 9.81. The van der Waals surface area contributed by atoms with Gasteiger partial charge in [0.15, 0.2) is 11.6 Å². The number of ketones is 2. The molecule has 6 heterocycles. The van der Waals surface area contributed by atoms with Crippen LogP contribution >= 0.6 is 0 Å². The number of carbonyl (C=O) groups excluding carboxylic acids is 3. The Hall–Kier alpha value is -7.31. The van der Waals surface area contributed by atoms with Gasteiger partial charge in [-0.05, 0) is 130 Å². The summed E-state index contributed by atoms with van der Waals surface area (Å²) in [4.78, 5) is 49.7. The van der Waals surface area contributed by atoms with E-state index in [0.29, 0.717) is 43.3 Å². The van der Waals surface area contributed by atoms with E-state index in [2.05, 4.69) is 61.9 Å². The summed E-state index contributed by atoms with van der Waals surface area (Å²) in [6.45, 7) is 8.58. The third kappa shape index (κ3) is 10.8. The molecule has 0 radical (unpaired) electrons. The number of fused-ring (bicyclic) bond motifs is 2. The Labute approximate surface area is 397 Å². The lowest BCUT2D eigenvalue weighted by molar-refractivity contribution is 0.0136. The van der Waals surface area contributed by atoms with Gasteiger partial charge in [0.25, 0.3) is 0 Å². The number of likely N-dealkylation sites (tertiary alicyclic amines) is 1. The quantitative estimate of drug-likeness (QED) is 0.128. The first-order chi connectivity index (χ1) is 33.0. The fraction of sp³-hybridized carbons (Fsp3) is 0.304. The number of nitrogens with zero attached hydrogens (tertiary/aromatic N) is 6. The number of piperidine rings is 2. The molecule has 4 aromatic heterocycles. The number of pyridine rings is 2. The van der Waals surface area contributed by atoms with Crippen LogP contribution in [0.1, 0.15) is 90.1 Å². The Morgan fingerprint density at radius 1 is 0.647 bits per heavy atom. The number of nitrogens with one attached hydrogen (secondary N) is 2. The van der Waals surface area contributed by atoms with Gasteiger partial charge in [-0.15, -0.1) is 0 Å². The largest absolute Gasteiger partial charge is 0.444 e. The average Bonchev–Trinajstić information content (AvgIpc) is 3.95. The van der Waals surface area contributed by atoms with Crippen molar-refractivity contribution < 1.29 is 19.1 Å². The lowest BCUT2D eigenvalue weighted by Gasteiger charge is -2.38. The SMILES string of the molecule is Cn1nc(-c2ccncc2)c2cc(C(=O)CC3C[C@@H](c4ccccc4)CN(C(=O)OC(C)(C)C)C3)ccc21.O=C(C[C@@H]1CNC[C@H](c2ccccc2)C1)c1ccc2[nH]nc(-c3ccncc3)c2c1. The van der Waals surface area contributed by atoms with Crippen molar-refractivity contribution in [2.24, 2.45) is 18.9 Å². The van der Waals surface area contributed by atoms with E-state index in [1.165, 1.54) is 11.1 Å². The molecule has 346 valence electrons. The molecule has 2 aliphatic heterocycles. The van der Waals surface area contributed by atoms with Gasteiger partial charge in [-0.2, -0.15) is 10.2 Å². The number of hydrogen-bond acceptors (Lipinski definition) is 9. The van der Waals surface area contributed by atoms with Crippen LogP contribution in [0.2, 0.25) is 0 Å². The molecule has 2 N–H and O–H groups in total. The van der Waals surface area contributed by atoms with E-state index in [1.54, 1.807) is 29.7 Å². The molecule has 1 amide bonds. The number of benzene rings is 4. The average molecular weight is 907 g/mol. The normalized spacial score (nSPS) is 18.4. The van der Waals surface area contributed by atoms with Gasteiger partial charge in [-0.25, -0.2) is 4.79 Å². The first kappa shape index (κ1) is 45.8. The van der Waals surface area contributed by atoms with E-state index in [0.717, 1.165) is 75.8 Å². The van der Waals surface area contributed by atoms with Crippen LogP contribution in [0.4, 0.5) is 4.79 Å². The van der Waals surface area contributed by atoms with Gasteiger partial charge in [0, 0.05) is 103 Å². The number of Topliss-reactive ketones (excluding diaryl/α,β-unsaturated/α-hetero) is 2. The summed E-state index contributed by atoms with van der Waals surface area (Å²) in [6.07, 6.45) is 9.47. The van der Waals surface area contributed by atoms with Crippen LogP contribution in [-0.2, 0) is 11.8 Å². The molecule has 1 unspecified atom stereocenters. The Kier molecular flexibility index (Phi) is 13.7. The van der Waals surface area contributed by atoms with E-state index in [4.69, 9.17) is 9.84 Å². The topological polar surface area (TPSA) is 148 Å². The monoisotopic (exact) mass is 906 g/mol. The molecule has 12 nitrogen and oxygen atoms in total. The third-order valence-electron chi connectivity index (χ3n) is 13.1. The number of ether oxygens (including phenoxy) is 1. The molecular formula is C56H58N8O4.